The van der Waals surface area contributed by atoms with Crippen LogP contribution in [0.15, 0.2) is 42.5 Å². The third-order valence-electron chi connectivity index (χ3n) is 6.35. The van der Waals surface area contributed by atoms with E-state index in [0.717, 1.165) is 42.7 Å². The maximum absolute atomic E-state index is 14.8. The molecule has 148 valence electrons. The van der Waals surface area contributed by atoms with Crippen LogP contribution in [0.1, 0.15) is 86.5 Å². The van der Waals surface area contributed by atoms with Gasteiger partial charge in [-0.05, 0) is 85.3 Å². The van der Waals surface area contributed by atoms with Crippen molar-refractivity contribution in [3.63, 3.8) is 0 Å². The van der Waals surface area contributed by atoms with E-state index in [-0.39, 0.29) is 5.82 Å². The Morgan fingerprint density at radius 2 is 1.61 bits per heavy atom. The van der Waals surface area contributed by atoms with Crippen LogP contribution in [0.5, 0.6) is 0 Å². The van der Waals surface area contributed by atoms with Crippen LogP contribution in [-0.4, -0.2) is 0 Å². The van der Waals surface area contributed by atoms with Gasteiger partial charge in [-0.3, -0.25) is 0 Å². The van der Waals surface area contributed by atoms with E-state index in [4.69, 9.17) is 5.26 Å². The number of hydrogen-bond donors (Lipinski definition) is 0. The lowest BCUT2D eigenvalue weighted by molar-refractivity contribution is 0.299. The number of rotatable bonds is 8. The first-order valence-corrected chi connectivity index (χ1v) is 11.0. The Morgan fingerprint density at radius 3 is 2.25 bits per heavy atom. The number of nitrogens with zero attached hydrogens (tertiary/aromatic N) is 1. The normalized spacial score (nSPS) is 19.3. The maximum Gasteiger partial charge on any atom is 0.126 e. The Balaban J connectivity index is 1.52. The van der Waals surface area contributed by atoms with E-state index in [1.165, 1.54) is 44.1 Å². The van der Waals surface area contributed by atoms with Gasteiger partial charge in [0.25, 0.3) is 0 Å². The summed E-state index contributed by atoms with van der Waals surface area (Å²) < 4.78 is 14.8. The van der Waals surface area contributed by atoms with Crippen molar-refractivity contribution in [2.24, 2.45) is 5.92 Å². The molecule has 0 aromatic heterocycles. The standard InChI is InChI=1S/C26H32FN/c1-2-3-4-5-20-12-15-24(16-13-20)25-17-14-22(18-26(25)27)9-6-21-7-10-23(19-28)11-8-21/h7-8,10-11,14,17-18,20,24H,2-6,9,12-13,15-16H2,1H3. The number of halogens is 1. The minimum absolute atomic E-state index is 0.0215. The average molecular weight is 378 g/mol. The highest BCUT2D eigenvalue weighted by atomic mass is 19.1. The molecule has 0 unspecified atom stereocenters. The smallest absolute Gasteiger partial charge is 0.126 e. The monoisotopic (exact) mass is 377 g/mol. The van der Waals surface area contributed by atoms with Crippen LogP contribution >= 0.6 is 0 Å². The molecule has 0 radical (unpaired) electrons. The van der Waals surface area contributed by atoms with Crippen molar-refractivity contribution in [2.75, 3.05) is 0 Å². The second-order valence-corrected chi connectivity index (χ2v) is 8.38. The Kier molecular flexibility index (Phi) is 7.66. The number of aryl methyl sites for hydroxylation is 2. The van der Waals surface area contributed by atoms with E-state index >= 15 is 0 Å². The van der Waals surface area contributed by atoms with Gasteiger partial charge in [0.1, 0.15) is 5.82 Å². The molecule has 0 aliphatic heterocycles. The highest BCUT2D eigenvalue weighted by molar-refractivity contribution is 5.33. The predicted molar refractivity (Wildman–Crippen MR) is 114 cm³/mol. The largest absolute Gasteiger partial charge is 0.207 e. The first-order valence-electron chi connectivity index (χ1n) is 11.0. The summed E-state index contributed by atoms with van der Waals surface area (Å²) >= 11 is 0. The molecule has 1 nitrogen and oxygen atoms in total. The third-order valence-corrected chi connectivity index (χ3v) is 6.35. The zero-order valence-electron chi connectivity index (χ0n) is 17.1. The number of unbranched alkanes of at least 4 members (excludes halogenated alkanes) is 2. The molecule has 0 saturated heterocycles. The van der Waals surface area contributed by atoms with Gasteiger partial charge in [-0.15, -0.1) is 0 Å². The fourth-order valence-corrected chi connectivity index (χ4v) is 4.54. The lowest BCUT2D eigenvalue weighted by Crippen LogP contribution is -2.14. The molecule has 0 heterocycles. The van der Waals surface area contributed by atoms with Gasteiger partial charge in [0.2, 0.25) is 0 Å². The van der Waals surface area contributed by atoms with E-state index in [2.05, 4.69) is 19.1 Å². The molecule has 0 spiro atoms. The lowest BCUT2D eigenvalue weighted by Gasteiger charge is -2.29. The Hall–Kier alpha value is -2.14. The summed E-state index contributed by atoms with van der Waals surface area (Å²) in [6.07, 6.45) is 11.8. The molecule has 28 heavy (non-hydrogen) atoms. The Bertz CT molecular complexity index is 779. The SMILES string of the molecule is CCCCCC1CCC(c2ccc(CCc3ccc(C#N)cc3)cc2F)CC1. The van der Waals surface area contributed by atoms with Crippen LogP contribution in [0, 0.1) is 23.1 Å². The fourth-order valence-electron chi connectivity index (χ4n) is 4.54. The molecule has 2 heteroatoms. The molecule has 2 aromatic rings. The second kappa shape index (κ2) is 10.4. The van der Waals surface area contributed by atoms with Crippen molar-refractivity contribution >= 4 is 0 Å². The van der Waals surface area contributed by atoms with Crippen molar-refractivity contribution in [1.29, 1.82) is 5.26 Å². The van der Waals surface area contributed by atoms with Crippen LogP contribution in [-0.2, 0) is 12.8 Å². The first-order chi connectivity index (χ1) is 13.7. The van der Waals surface area contributed by atoms with Gasteiger partial charge >= 0.3 is 0 Å². The van der Waals surface area contributed by atoms with Crippen LogP contribution in [0.3, 0.4) is 0 Å². The highest BCUT2D eigenvalue weighted by Gasteiger charge is 2.24. The van der Waals surface area contributed by atoms with Crippen LogP contribution < -0.4 is 0 Å². The summed E-state index contributed by atoms with van der Waals surface area (Å²) in [7, 11) is 0. The maximum atomic E-state index is 14.8. The predicted octanol–water partition coefficient (Wildman–Crippen LogP) is 7.34. The second-order valence-electron chi connectivity index (χ2n) is 8.38. The van der Waals surface area contributed by atoms with E-state index in [1.807, 2.05) is 30.3 Å². The Morgan fingerprint density at radius 1 is 0.929 bits per heavy atom. The topological polar surface area (TPSA) is 23.8 Å². The van der Waals surface area contributed by atoms with Gasteiger partial charge in [0.15, 0.2) is 0 Å². The molecule has 1 aliphatic rings. The van der Waals surface area contributed by atoms with Gasteiger partial charge in [-0.2, -0.15) is 5.26 Å². The quantitative estimate of drug-likeness (QED) is 0.442. The molecule has 2 aromatic carbocycles. The van der Waals surface area contributed by atoms with E-state index in [1.54, 1.807) is 6.07 Å². The van der Waals surface area contributed by atoms with Crippen molar-refractivity contribution < 1.29 is 4.39 Å². The van der Waals surface area contributed by atoms with Crippen LogP contribution in [0.4, 0.5) is 4.39 Å². The number of hydrogen-bond acceptors (Lipinski definition) is 1. The third kappa shape index (κ3) is 5.68. The minimum Gasteiger partial charge on any atom is -0.207 e. The molecule has 0 bridgehead atoms. The molecule has 0 amide bonds. The van der Waals surface area contributed by atoms with Crippen molar-refractivity contribution in [3.05, 3.63) is 70.5 Å². The fraction of sp³-hybridized carbons (Fsp3) is 0.500. The van der Waals surface area contributed by atoms with Gasteiger partial charge in [0, 0.05) is 0 Å². The van der Waals surface area contributed by atoms with E-state index in [9.17, 15) is 4.39 Å². The van der Waals surface area contributed by atoms with E-state index < -0.39 is 0 Å². The summed E-state index contributed by atoms with van der Waals surface area (Å²) in [5.74, 6) is 1.24. The molecule has 0 atom stereocenters. The van der Waals surface area contributed by atoms with Crippen LogP contribution in [0.2, 0.25) is 0 Å². The van der Waals surface area contributed by atoms with Crippen molar-refractivity contribution in [3.8, 4) is 6.07 Å². The first kappa shape index (κ1) is 20.6. The summed E-state index contributed by atoms with van der Waals surface area (Å²) in [5.41, 5.74) is 3.84. The van der Waals surface area contributed by atoms with Gasteiger partial charge in [-0.1, -0.05) is 56.9 Å². The van der Waals surface area contributed by atoms with Crippen molar-refractivity contribution in [1.82, 2.24) is 0 Å². The number of nitriles is 1. The summed E-state index contributed by atoms with van der Waals surface area (Å²) in [6, 6.07) is 15.7. The minimum atomic E-state index is -0.0215. The molecule has 3 rings (SSSR count). The highest BCUT2D eigenvalue weighted by Crippen LogP contribution is 2.38. The van der Waals surface area contributed by atoms with Gasteiger partial charge in [-0.25, -0.2) is 4.39 Å². The Labute approximate surface area is 169 Å². The number of benzene rings is 2. The van der Waals surface area contributed by atoms with Gasteiger partial charge in [0.05, 0.1) is 11.6 Å². The molecule has 1 fully saturated rings. The summed E-state index contributed by atoms with van der Waals surface area (Å²) in [4.78, 5) is 0. The van der Waals surface area contributed by atoms with Gasteiger partial charge < -0.3 is 0 Å². The molecular formula is C26H32FN. The molecule has 1 saturated carbocycles. The lowest BCUT2D eigenvalue weighted by atomic mass is 9.76. The molecule has 0 N–H and O–H groups in total. The van der Waals surface area contributed by atoms with E-state index in [0.29, 0.717) is 11.5 Å². The molecule has 1 aliphatic carbocycles. The average Bonchev–Trinajstić information content (AvgIpc) is 2.73. The zero-order chi connectivity index (χ0) is 19.8. The summed E-state index contributed by atoms with van der Waals surface area (Å²) in [5, 5.41) is 8.87. The molecular weight excluding hydrogens is 345 g/mol. The van der Waals surface area contributed by atoms with Crippen LogP contribution in [0.25, 0.3) is 0 Å². The van der Waals surface area contributed by atoms with Crippen molar-refractivity contribution in [2.45, 2.75) is 77.0 Å². The summed E-state index contributed by atoms with van der Waals surface area (Å²) in [6.45, 7) is 2.26. The zero-order valence-corrected chi connectivity index (χ0v) is 17.1.